The molecule has 3 rings (SSSR count). The Morgan fingerprint density at radius 2 is 1.55 bits per heavy atom. The molecule has 0 aromatic heterocycles. The molecule has 0 saturated heterocycles. The van der Waals surface area contributed by atoms with Gasteiger partial charge in [-0.15, -0.1) is 0 Å². The van der Waals surface area contributed by atoms with Gasteiger partial charge in [0.15, 0.2) is 5.78 Å². The number of nitrogens with one attached hydrogen (secondary N) is 1. The molecule has 1 atom stereocenters. The van der Waals surface area contributed by atoms with Crippen LogP contribution in [0.25, 0.3) is 0 Å². The van der Waals surface area contributed by atoms with Crippen LogP contribution in [0.2, 0.25) is 0 Å². The monoisotopic (exact) mass is 501 g/mol. The predicted octanol–water partition coefficient (Wildman–Crippen LogP) is 6.12. The molecule has 0 saturated carbocycles. The van der Waals surface area contributed by atoms with Crippen molar-refractivity contribution in [3.63, 3.8) is 0 Å². The number of Topliss-reactive ketones (excluding diaryl/α,β-unsaturated/α-hetero) is 1. The summed E-state index contributed by atoms with van der Waals surface area (Å²) in [5.74, 6) is 1.64. The molecule has 0 heterocycles. The predicted molar refractivity (Wildman–Crippen MR) is 125 cm³/mol. The Bertz CT molecular complexity index is 922. The molecule has 0 aliphatic rings. The standard InChI is InChI=1S/C24H24INO3/c1-3-29-22-14-4-17(5-15-22)23(26-20-10-8-19(25)9-11-20)16-24(27)18-6-12-21(28-2)13-7-18/h4-15,23,26H,3,16H2,1-2H3. The lowest BCUT2D eigenvalue weighted by atomic mass is 9.97. The lowest BCUT2D eigenvalue weighted by Crippen LogP contribution is -2.16. The van der Waals surface area contributed by atoms with Gasteiger partial charge in [0.1, 0.15) is 11.5 Å². The fourth-order valence-electron chi connectivity index (χ4n) is 3.04. The number of carbonyl (C=O) groups is 1. The van der Waals surface area contributed by atoms with Crippen LogP contribution in [0, 0.1) is 3.57 Å². The lowest BCUT2D eigenvalue weighted by Gasteiger charge is -2.20. The van der Waals surface area contributed by atoms with E-state index in [1.165, 1.54) is 3.57 Å². The Morgan fingerprint density at radius 1 is 0.931 bits per heavy atom. The van der Waals surface area contributed by atoms with E-state index in [4.69, 9.17) is 9.47 Å². The van der Waals surface area contributed by atoms with Gasteiger partial charge in [0.25, 0.3) is 0 Å². The van der Waals surface area contributed by atoms with E-state index in [1.54, 1.807) is 19.2 Å². The van der Waals surface area contributed by atoms with Crippen molar-refractivity contribution in [2.75, 3.05) is 19.0 Å². The molecule has 4 nitrogen and oxygen atoms in total. The zero-order valence-electron chi connectivity index (χ0n) is 16.5. The van der Waals surface area contributed by atoms with Gasteiger partial charge in [-0.05, 0) is 95.7 Å². The van der Waals surface area contributed by atoms with Crippen LogP contribution in [-0.4, -0.2) is 19.5 Å². The van der Waals surface area contributed by atoms with Crippen molar-refractivity contribution in [2.45, 2.75) is 19.4 Å². The van der Waals surface area contributed by atoms with Gasteiger partial charge in [-0.2, -0.15) is 0 Å². The van der Waals surface area contributed by atoms with Crippen LogP contribution in [0.15, 0.2) is 72.8 Å². The summed E-state index contributed by atoms with van der Waals surface area (Å²) in [7, 11) is 1.61. The number of halogens is 1. The van der Waals surface area contributed by atoms with Crippen molar-refractivity contribution < 1.29 is 14.3 Å². The summed E-state index contributed by atoms with van der Waals surface area (Å²) in [6, 6.07) is 23.1. The second-order valence-electron chi connectivity index (χ2n) is 6.56. The fourth-order valence-corrected chi connectivity index (χ4v) is 3.40. The SMILES string of the molecule is CCOc1ccc(C(CC(=O)c2ccc(OC)cc2)Nc2ccc(I)cc2)cc1. The lowest BCUT2D eigenvalue weighted by molar-refractivity contribution is 0.0976. The molecule has 0 aliphatic heterocycles. The van der Waals surface area contributed by atoms with E-state index in [0.717, 1.165) is 22.7 Å². The molecule has 0 radical (unpaired) electrons. The molecule has 3 aromatic rings. The number of ether oxygens (including phenoxy) is 2. The van der Waals surface area contributed by atoms with Gasteiger partial charge in [0.05, 0.1) is 19.8 Å². The maximum atomic E-state index is 12.9. The average molecular weight is 501 g/mol. The van der Waals surface area contributed by atoms with Crippen LogP contribution in [0.1, 0.15) is 35.3 Å². The van der Waals surface area contributed by atoms with Crippen molar-refractivity contribution in [3.8, 4) is 11.5 Å². The summed E-state index contributed by atoms with van der Waals surface area (Å²) in [5.41, 5.74) is 2.69. The first-order valence-corrected chi connectivity index (χ1v) is 10.6. The molecule has 0 amide bonds. The molecule has 150 valence electrons. The molecule has 1 N–H and O–H groups in total. The zero-order chi connectivity index (χ0) is 20.6. The van der Waals surface area contributed by atoms with Gasteiger partial charge in [-0.25, -0.2) is 0 Å². The highest BCUT2D eigenvalue weighted by Crippen LogP contribution is 2.27. The number of rotatable bonds is 9. The minimum absolute atomic E-state index is 0.0737. The van der Waals surface area contributed by atoms with Gasteiger partial charge < -0.3 is 14.8 Å². The second-order valence-corrected chi connectivity index (χ2v) is 7.81. The Morgan fingerprint density at radius 3 is 2.14 bits per heavy atom. The minimum Gasteiger partial charge on any atom is -0.497 e. The van der Waals surface area contributed by atoms with Crippen molar-refractivity contribution in [1.82, 2.24) is 0 Å². The van der Waals surface area contributed by atoms with Crippen molar-refractivity contribution in [2.24, 2.45) is 0 Å². The Kier molecular flexibility index (Phi) is 7.52. The summed E-state index contributed by atoms with van der Waals surface area (Å²) in [5, 5.41) is 3.51. The summed E-state index contributed by atoms with van der Waals surface area (Å²) in [6.07, 6.45) is 0.340. The van der Waals surface area contributed by atoms with E-state index in [2.05, 4.69) is 27.9 Å². The number of hydrogen-bond acceptors (Lipinski definition) is 4. The topological polar surface area (TPSA) is 47.6 Å². The summed E-state index contributed by atoms with van der Waals surface area (Å²) < 4.78 is 11.9. The molecule has 0 spiro atoms. The minimum atomic E-state index is -0.152. The molecule has 0 fully saturated rings. The van der Waals surface area contributed by atoms with Crippen molar-refractivity contribution >= 4 is 34.1 Å². The number of hydrogen-bond donors (Lipinski definition) is 1. The first kappa shape index (κ1) is 21.2. The molecule has 1 unspecified atom stereocenters. The van der Waals surface area contributed by atoms with Gasteiger partial charge >= 0.3 is 0 Å². The number of carbonyl (C=O) groups excluding carboxylic acids is 1. The molecule has 0 bridgehead atoms. The summed E-state index contributed by atoms with van der Waals surface area (Å²) >= 11 is 2.28. The van der Waals surface area contributed by atoms with E-state index < -0.39 is 0 Å². The molecular weight excluding hydrogens is 477 g/mol. The first-order valence-electron chi connectivity index (χ1n) is 9.51. The Labute approximate surface area is 185 Å². The molecule has 0 aliphatic carbocycles. The van der Waals surface area contributed by atoms with Crippen molar-refractivity contribution in [3.05, 3.63) is 87.5 Å². The third-order valence-corrected chi connectivity index (χ3v) is 5.30. The fraction of sp³-hybridized carbons (Fsp3) is 0.208. The van der Waals surface area contributed by atoms with Crippen LogP contribution in [0.3, 0.4) is 0 Å². The van der Waals surface area contributed by atoms with E-state index >= 15 is 0 Å². The average Bonchev–Trinajstić information content (AvgIpc) is 2.75. The van der Waals surface area contributed by atoms with E-state index in [9.17, 15) is 4.79 Å². The van der Waals surface area contributed by atoms with Gasteiger partial charge in [0, 0.05) is 21.2 Å². The van der Waals surface area contributed by atoms with Gasteiger partial charge in [-0.1, -0.05) is 12.1 Å². The van der Waals surface area contributed by atoms with Crippen molar-refractivity contribution in [1.29, 1.82) is 0 Å². The van der Waals surface area contributed by atoms with Gasteiger partial charge in [0.2, 0.25) is 0 Å². The molecule has 3 aromatic carbocycles. The number of benzene rings is 3. The normalized spacial score (nSPS) is 11.6. The quantitative estimate of drug-likeness (QED) is 0.283. The second kappa shape index (κ2) is 10.3. The Balaban J connectivity index is 1.82. The Hall–Kier alpha value is -2.54. The summed E-state index contributed by atoms with van der Waals surface area (Å²) in [4.78, 5) is 12.9. The van der Waals surface area contributed by atoms with Crippen LogP contribution in [-0.2, 0) is 0 Å². The van der Waals surface area contributed by atoms with Crippen LogP contribution in [0.5, 0.6) is 11.5 Å². The number of methoxy groups -OCH3 is 1. The zero-order valence-corrected chi connectivity index (χ0v) is 18.7. The maximum Gasteiger partial charge on any atom is 0.165 e. The maximum absolute atomic E-state index is 12.9. The number of anilines is 1. The van der Waals surface area contributed by atoms with E-state index in [-0.39, 0.29) is 11.8 Å². The van der Waals surface area contributed by atoms with E-state index in [0.29, 0.717) is 18.6 Å². The highest BCUT2D eigenvalue weighted by molar-refractivity contribution is 14.1. The van der Waals surface area contributed by atoms with Crippen LogP contribution >= 0.6 is 22.6 Å². The third-order valence-electron chi connectivity index (χ3n) is 4.58. The van der Waals surface area contributed by atoms with E-state index in [1.807, 2.05) is 67.6 Å². The van der Waals surface area contributed by atoms with Gasteiger partial charge in [-0.3, -0.25) is 4.79 Å². The molecule has 5 heteroatoms. The third kappa shape index (κ3) is 5.97. The van der Waals surface area contributed by atoms with Crippen LogP contribution in [0.4, 0.5) is 5.69 Å². The molecule has 29 heavy (non-hydrogen) atoms. The molecular formula is C24H24INO3. The smallest absolute Gasteiger partial charge is 0.165 e. The summed E-state index contributed by atoms with van der Waals surface area (Å²) in [6.45, 7) is 2.59. The largest absolute Gasteiger partial charge is 0.497 e. The first-order chi connectivity index (χ1) is 14.1. The highest BCUT2D eigenvalue weighted by atomic mass is 127. The highest BCUT2D eigenvalue weighted by Gasteiger charge is 2.18. The van der Waals surface area contributed by atoms with Crippen LogP contribution < -0.4 is 14.8 Å². The number of ketones is 1.